The molecule has 4 unspecified atom stereocenters. The van der Waals surface area contributed by atoms with Gasteiger partial charge in [-0.2, -0.15) is 0 Å². The lowest BCUT2D eigenvalue weighted by molar-refractivity contribution is 0.132. The van der Waals surface area contributed by atoms with Crippen molar-refractivity contribution in [2.45, 2.75) is 77.4 Å². The summed E-state index contributed by atoms with van der Waals surface area (Å²) in [6.07, 6.45) is 8.40. The van der Waals surface area contributed by atoms with Crippen LogP contribution in [0.5, 0.6) is 0 Å². The van der Waals surface area contributed by atoms with Crippen molar-refractivity contribution in [2.75, 3.05) is 13.6 Å². The molecule has 0 aromatic carbocycles. The van der Waals surface area contributed by atoms with E-state index in [1.807, 2.05) is 0 Å². The number of nitrogens with zero attached hydrogens (tertiary/aromatic N) is 1. The Labute approximate surface area is 114 Å². The largest absolute Gasteiger partial charge is 0.311 e. The molecule has 0 aromatic heterocycles. The number of hydrogen-bond donors (Lipinski definition) is 1. The van der Waals surface area contributed by atoms with E-state index in [2.05, 4.69) is 38.0 Å². The molecule has 2 fully saturated rings. The zero-order valence-electron chi connectivity index (χ0n) is 12.8. The maximum Gasteiger partial charge on any atom is 0.0100 e. The third-order valence-corrected chi connectivity index (χ3v) is 5.33. The van der Waals surface area contributed by atoms with Gasteiger partial charge in [0.15, 0.2) is 0 Å². The van der Waals surface area contributed by atoms with Gasteiger partial charge < -0.3 is 10.2 Å². The van der Waals surface area contributed by atoms with E-state index in [9.17, 15) is 0 Å². The van der Waals surface area contributed by atoms with Crippen molar-refractivity contribution in [3.63, 3.8) is 0 Å². The summed E-state index contributed by atoms with van der Waals surface area (Å²) >= 11 is 0. The molecule has 0 aromatic rings. The Hall–Kier alpha value is -0.0800. The molecule has 18 heavy (non-hydrogen) atoms. The molecule has 1 N–H and O–H groups in total. The van der Waals surface area contributed by atoms with Gasteiger partial charge in [0.1, 0.15) is 0 Å². The average molecular weight is 252 g/mol. The van der Waals surface area contributed by atoms with Gasteiger partial charge in [-0.15, -0.1) is 0 Å². The van der Waals surface area contributed by atoms with Gasteiger partial charge in [0.25, 0.3) is 0 Å². The van der Waals surface area contributed by atoms with Gasteiger partial charge in [0, 0.05) is 18.1 Å². The van der Waals surface area contributed by atoms with Crippen LogP contribution in [0.2, 0.25) is 0 Å². The number of hydrogen-bond acceptors (Lipinski definition) is 2. The van der Waals surface area contributed by atoms with Gasteiger partial charge in [-0.3, -0.25) is 0 Å². The molecule has 2 aliphatic rings. The van der Waals surface area contributed by atoms with Crippen LogP contribution < -0.4 is 5.32 Å². The van der Waals surface area contributed by atoms with E-state index in [1.165, 1.54) is 45.1 Å². The Bertz CT molecular complexity index is 251. The van der Waals surface area contributed by atoms with Crippen molar-refractivity contribution in [1.29, 1.82) is 0 Å². The molecule has 0 spiro atoms. The van der Waals surface area contributed by atoms with Crippen LogP contribution in [0.1, 0.15) is 59.3 Å². The molecule has 1 heterocycles. The lowest BCUT2D eigenvalue weighted by Crippen LogP contribution is -2.51. The van der Waals surface area contributed by atoms with Gasteiger partial charge in [-0.1, -0.05) is 26.7 Å². The van der Waals surface area contributed by atoms with Crippen LogP contribution in [-0.4, -0.2) is 36.6 Å². The molecule has 106 valence electrons. The van der Waals surface area contributed by atoms with E-state index >= 15 is 0 Å². The first-order valence-corrected chi connectivity index (χ1v) is 8.04. The summed E-state index contributed by atoms with van der Waals surface area (Å²) < 4.78 is 0. The van der Waals surface area contributed by atoms with Crippen LogP contribution in [0.15, 0.2) is 0 Å². The zero-order valence-corrected chi connectivity index (χ0v) is 12.8. The highest BCUT2D eigenvalue weighted by molar-refractivity contribution is 4.88. The predicted octanol–water partition coefficient (Wildman–Crippen LogP) is 3.27. The van der Waals surface area contributed by atoms with Crippen molar-refractivity contribution in [3.05, 3.63) is 0 Å². The van der Waals surface area contributed by atoms with Crippen molar-refractivity contribution in [2.24, 2.45) is 11.8 Å². The predicted molar refractivity (Wildman–Crippen MR) is 78.8 cm³/mol. The minimum Gasteiger partial charge on any atom is -0.311 e. The Morgan fingerprint density at radius 2 is 1.83 bits per heavy atom. The third-order valence-electron chi connectivity index (χ3n) is 5.33. The molecular weight excluding hydrogens is 220 g/mol. The van der Waals surface area contributed by atoms with E-state index in [4.69, 9.17) is 0 Å². The van der Waals surface area contributed by atoms with Gasteiger partial charge in [-0.25, -0.2) is 0 Å². The zero-order chi connectivity index (χ0) is 13.1. The second-order valence-electron chi connectivity index (χ2n) is 7.02. The Morgan fingerprint density at radius 1 is 1.11 bits per heavy atom. The normalized spacial score (nSPS) is 39.2. The van der Waals surface area contributed by atoms with Crippen molar-refractivity contribution >= 4 is 0 Å². The smallest absolute Gasteiger partial charge is 0.0100 e. The molecule has 1 aliphatic carbocycles. The van der Waals surface area contributed by atoms with Crippen molar-refractivity contribution < 1.29 is 0 Å². The van der Waals surface area contributed by atoms with Gasteiger partial charge >= 0.3 is 0 Å². The van der Waals surface area contributed by atoms with Gasteiger partial charge in [0.05, 0.1) is 0 Å². The van der Waals surface area contributed by atoms with Crippen LogP contribution in [0.25, 0.3) is 0 Å². The summed E-state index contributed by atoms with van der Waals surface area (Å²) in [6, 6.07) is 2.30. The highest BCUT2D eigenvalue weighted by Crippen LogP contribution is 2.31. The summed E-state index contributed by atoms with van der Waals surface area (Å²) in [5, 5.41) is 4.01. The monoisotopic (exact) mass is 252 g/mol. The standard InChI is InChI=1S/C16H32N2/c1-12(2)15-7-5-6-8-16(15)17-14-9-10-18(4)13(3)11-14/h12-17H,5-11H2,1-4H3. The first kappa shape index (κ1) is 14.3. The lowest BCUT2D eigenvalue weighted by atomic mass is 9.77. The van der Waals surface area contributed by atoms with Gasteiger partial charge in [-0.05, 0) is 58.0 Å². The van der Waals surface area contributed by atoms with E-state index in [1.54, 1.807) is 0 Å². The summed E-state index contributed by atoms with van der Waals surface area (Å²) in [4.78, 5) is 2.50. The van der Waals surface area contributed by atoms with E-state index in [0.717, 1.165) is 30.0 Å². The summed E-state index contributed by atoms with van der Waals surface area (Å²) in [7, 11) is 2.26. The van der Waals surface area contributed by atoms with Crippen LogP contribution in [0.4, 0.5) is 0 Å². The van der Waals surface area contributed by atoms with Crippen LogP contribution in [-0.2, 0) is 0 Å². The topological polar surface area (TPSA) is 15.3 Å². The molecular formula is C16H32N2. The molecule has 2 nitrogen and oxygen atoms in total. The average Bonchev–Trinajstić information content (AvgIpc) is 2.34. The Kier molecular flexibility index (Phi) is 5.08. The molecule has 2 rings (SSSR count). The fourth-order valence-electron chi connectivity index (χ4n) is 3.91. The molecule has 0 radical (unpaired) electrons. The lowest BCUT2D eigenvalue weighted by Gasteiger charge is -2.41. The summed E-state index contributed by atoms with van der Waals surface area (Å²) in [5.74, 6) is 1.75. The van der Waals surface area contributed by atoms with Crippen LogP contribution in [0.3, 0.4) is 0 Å². The SMILES string of the molecule is CC(C)C1CCCCC1NC1CCN(C)C(C)C1. The Morgan fingerprint density at radius 3 is 2.50 bits per heavy atom. The van der Waals surface area contributed by atoms with Crippen LogP contribution in [0, 0.1) is 11.8 Å². The maximum atomic E-state index is 4.01. The second kappa shape index (κ2) is 6.38. The molecule has 1 saturated carbocycles. The number of likely N-dealkylation sites (tertiary alicyclic amines) is 1. The van der Waals surface area contributed by atoms with E-state index < -0.39 is 0 Å². The molecule has 1 saturated heterocycles. The fourth-order valence-corrected chi connectivity index (χ4v) is 3.91. The van der Waals surface area contributed by atoms with Gasteiger partial charge in [0.2, 0.25) is 0 Å². The maximum absolute atomic E-state index is 4.01. The quantitative estimate of drug-likeness (QED) is 0.829. The molecule has 0 amide bonds. The molecule has 2 heteroatoms. The highest BCUT2D eigenvalue weighted by atomic mass is 15.1. The van der Waals surface area contributed by atoms with E-state index in [-0.39, 0.29) is 0 Å². The summed E-state index contributed by atoms with van der Waals surface area (Å²) in [5.41, 5.74) is 0. The van der Waals surface area contributed by atoms with E-state index in [0.29, 0.717) is 0 Å². The third kappa shape index (κ3) is 3.48. The minimum atomic E-state index is 0.748. The first-order chi connectivity index (χ1) is 8.58. The minimum absolute atomic E-state index is 0.748. The fraction of sp³-hybridized carbons (Fsp3) is 1.00. The van der Waals surface area contributed by atoms with Crippen LogP contribution >= 0.6 is 0 Å². The molecule has 4 atom stereocenters. The highest BCUT2D eigenvalue weighted by Gasteiger charge is 2.31. The molecule has 0 bridgehead atoms. The Balaban J connectivity index is 1.87. The number of rotatable bonds is 3. The molecule has 1 aliphatic heterocycles. The summed E-state index contributed by atoms with van der Waals surface area (Å²) in [6.45, 7) is 8.44. The number of piperidine rings is 1. The number of nitrogens with one attached hydrogen (secondary N) is 1. The first-order valence-electron chi connectivity index (χ1n) is 8.04. The van der Waals surface area contributed by atoms with Crippen molar-refractivity contribution in [3.8, 4) is 0 Å². The second-order valence-corrected chi connectivity index (χ2v) is 7.02. The van der Waals surface area contributed by atoms with Crippen molar-refractivity contribution in [1.82, 2.24) is 10.2 Å².